The summed E-state index contributed by atoms with van der Waals surface area (Å²) in [6.45, 7) is 5.55. The van der Waals surface area contributed by atoms with Crippen LogP contribution < -0.4 is 21.7 Å². The van der Waals surface area contributed by atoms with E-state index in [1.807, 2.05) is 0 Å². The summed E-state index contributed by atoms with van der Waals surface area (Å²) in [5, 5.41) is 8.79. The predicted molar refractivity (Wildman–Crippen MR) is 114 cm³/mol. The summed E-state index contributed by atoms with van der Waals surface area (Å²) in [7, 11) is 1.54. The third-order valence-electron chi connectivity index (χ3n) is 3.72. The van der Waals surface area contributed by atoms with Crippen molar-refractivity contribution in [1.82, 2.24) is 15.6 Å². The van der Waals surface area contributed by atoms with Crippen LogP contribution >= 0.6 is 11.6 Å². The number of anilines is 2. The Morgan fingerprint density at radius 1 is 1.24 bits per heavy atom. The van der Waals surface area contributed by atoms with E-state index in [0.29, 0.717) is 22.2 Å². The lowest BCUT2D eigenvalue weighted by atomic mass is 10.0. The van der Waals surface area contributed by atoms with Crippen molar-refractivity contribution in [3.63, 3.8) is 0 Å². The van der Waals surface area contributed by atoms with Gasteiger partial charge in [0, 0.05) is 18.6 Å². The molecule has 0 fully saturated rings. The van der Waals surface area contributed by atoms with Crippen LogP contribution in [0.5, 0.6) is 0 Å². The Morgan fingerprint density at radius 2 is 1.97 bits per heavy atom. The third-order valence-corrected chi connectivity index (χ3v) is 3.94. The van der Waals surface area contributed by atoms with Crippen molar-refractivity contribution in [2.75, 3.05) is 18.1 Å². The highest BCUT2D eigenvalue weighted by atomic mass is 35.5. The van der Waals surface area contributed by atoms with Gasteiger partial charge >= 0.3 is 6.09 Å². The van der Waals surface area contributed by atoms with Crippen molar-refractivity contribution in [2.24, 2.45) is 0 Å². The van der Waals surface area contributed by atoms with E-state index in [9.17, 15) is 9.59 Å². The Kier molecular flexibility index (Phi) is 7.28. The van der Waals surface area contributed by atoms with Crippen LogP contribution in [0.2, 0.25) is 5.02 Å². The van der Waals surface area contributed by atoms with Gasteiger partial charge in [0.25, 0.3) is 0 Å². The van der Waals surface area contributed by atoms with Crippen molar-refractivity contribution >= 4 is 35.2 Å². The molecule has 156 valence electrons. The van der Waals surface area contributed by atoms with Crippen LogP contribution in [0.4, 0.5) is 16.4 Å². The van der Waals surface area contributed by atoms with Crippen LogP contribution in [0.25, 0.3) is 0 Å². The first-order valence-electron chi connectivity index (χ1n) is 9.04. The number of nitrogens with one attached hydrogen (secondary N) is 3. The lowest BCUT2D eigenvalue weighted by Crippen LogP contribution is -2.32. The quantitative estimate of drug-likeness (QED) is 0.570. The molecule has 2 amide bonds. The monoisotopic (exact) mass is 419 g/mol. The molecule has 2 aromatic rings. The second kappa shape index (κ2) is 9.47. The molecular formula is C20H26ClN5O3. The highest BCUT2D eigenvalue weighted by Crippen LogP contribution is 2.24. The van der Waals surface area contributed by atoms with Gasteiger partial charge in [-0.25, -0.2) is 9.78 Å². The fourth-order valence-corrected chi connectivity index (χ4v) is 2.82. The first-order valence-corrected chi connectivity index (χ1v) is 9.42. The van der Waals surface area contributed by atoms with Gasteiger partial charge in [-0.2, -0.15) is 0 Å². The fourth-order valence-electron chi connectivity index (χ4n) is 2.56. The molecule has 0 saturated carbocycles. The molecule has 0 aliphatic heterocycles. The topological polar surface area (TPSA) is 118 Å². The van der Waals surface area contributed by atoms with Gasteiger partial charge in [-0.05, 0) is 56.2 Å². The van der Waals surface area contributed by atoms with Crippen LogP contribution in [0.15, 0.2) is 36.4 Å². The number of carbonyl (C=O) groups excluding carboxylic acids is 2. The van der Waals surface area contributed by atoms with Gasteiger partial charge < -0.3 is 26.4 Å². The highest BCUT2D eigenvalue weighted by molar-refractivity contribution is 6.30. The maximum absolute atomic E-state index is 12.5. The zero-order valence-corrected chi connectivity index (χ0v) is 17.6. The van der Waals surface area contributed by atoms with Crippen molar-refractivity contribution in [1.29, 1.82) is 0 Å². The molecule has 9 heteroatoms. The summed E-state index contributed by atoms with van der Waals surface area (Å²) >= 11 is 6.25. The van der Waals surface area contributed by atoms with E-state index in [4.69, 9.17) is 22.1 Å². The van der Waals surface area contributed by atoms with E-state index >= 15 is 0 Å². The Balaban J connectivity index is 2.23. The van der Waals surface area contributed by atoms with E-state index in [-0.39, 0.29) is 12.5 Å². The van der Waals surface area contributed by atoms with Gasteiger partial charge in [-0.1, -0.05) is 23.7 Å². The van der Waals surface area contributed by atoms with Crippen LogP contribution in [0.1, 0.15) is 37.9 Å². The molecule has 0 radical (unpaired) electrons. The minimum absolute atomic E-state index is 0.194. The molecule has 0 saturated heterocycles. The Morgan fingerprint density at radius 3 is 2.59 bits per heavy atom. The molecule has 29 heavy (non-hydrogen) atoms. The van der Waals surface area contributed by atoms with E-state index in [2.05, 4.69) is 20.9 Å². The molecule has 0 unspecified atom stereocenters. The normalized spacial score (nSPS) is 12.0. The number of likely N-dealkylation sites (N-methyl/N-ethyl adjacent to an activating group) is 1. The minimum atomic E-state index is -0.756. The number of hydrogen-bond acceptors (Lipinski definition) is 6. The van der Waals surface area contributed by atoms with Crippen LogP contribution in [0.3, 0.4) is 0 Å². The predicted octanol–water partition coefficient (Wildman–Crippen LogP) is 3.24. The Hall–Kier alpha value is -3.00. The van der Waals surface area contributed by atoms with E-state index in [1.54, 1.807) is 64.2 Å². The molecule has 1 atom stereocenters. The van der Waals surface area contributed by atoms with Crippen molar-refractivity contribution in [3.8, 4) is 0 Å². The summed E-state index contributed by atoms with van der Waals surface area (Å²) < 4.78 is 5.23. The standard InChI is InChI=1S/C20H26ClN5O3/c1-20(2,3)29-19(28)24-11-12-8-13(10-14(21)9-12)17(18(27)23-4)26-16-7-5-6-15(22)25-16/h5-10,17H,11H2,1-4H3,(H,23,27)(H,24,28)(H3,22,25,26)/t17-/m1/s1. The molecule has 0 aliphatic rings. The Labute approximate surface area is 175 Å². The third kappa shape index (κ3) is 7.15. The minimum Gasteiger partial charge on any atom is -0.444 e. The maximum Gasteiger partial charge on any atom is 0.407 e. The largest absolute Gasteiger partial charge is 0.444 e. The van der Waals surface area contributed by atoms with E-state index in [1.165, 1.54) is 0 Å². The number of nitrogens with zero attached hydrogens (tertiary/aromatic N) is 1. The number of rotatable bonds is 6. The molecular weight excluding hydrogens is 394 g/mol. The fraction of sp³-hybridized carbons (Fsp3) is 0.350. The zero-order chi connectivity index (χ0) is 21.6. The number of ether oxygens (including phenoxy) is 1. The summed E-state index contributed by atoms with van der Waals surface area (Å²) in [5.74, 6) is 0.508. The number of amides is 2. The van der Waals surface area contributed by atoms with E-state index in [0.717, 1.165) is 5.56 Å². The van der Waals surface area contributed by atoms with Crippen molar-refractivity contribution < 1.29 is 14.3 Å². The number of aromatic nitrogens is 1. The molecule has 8 nitrogen and oxygen atoms in total. The lowest BCUT2D eigenvalue weighted by Gasteiger charge is -2.21. The number of benzene rings is 1. The molecule has 1 heterocycles. The van der Waals surface area contributed by atoms with Crippen molar-refractivity contribution in [2.45, 2.75) is 39.0 Å². The number of hydrogen-bond donors (Lipinski definition) is 4. The van der Waals surface area contributed by atoms with Gasteiger partial charge in [0.05, 0.1) is 0 Å². The smallest absolute Gasteiger partial charge is 0.407 e. The first-order chi connectivity index (χ1) is 13.6. The number of carbonyl (C=O) groups is 2. The SMILES string of the molecule is CNC(=O)[C@H](Nc1cccc(N)n1)c1cc(Cl)cc(CNC(=O)OC(C)(C)C)c1. The molecule has 1 aromatic carbocycles. The summed E-state index contributed by atoms with van der Waals surface area (Å²) in [6.07, 6.45) is -0.538. The van der Waals surface area contributed by atoms with Gasteiger partial charge in [0.1, 0.15) is 23.3 Å². The number of halogens is 1. The maximum atomic E-state index is 12.5. The highest BCUT2D eigenvalue weighted by Gasteiger charge is 2.21. The van der Waals surface area contributed by atoms with Crippen LogP contribution in [0, 0.1) is 0 Å². The molecule has 1 aromatic heterocycles. The molecule has 0 aliphatic carbocycles. The first kappa shape index (κ1) is 22.3. The Bertz CT molecular complexity index is 883. The number of nitrogen functional groups attached to an aromatic ring is 1. The summed E-state index contributed by atoms with van der Waals surface area (Å²) in [6, 6.07) is 9.51. The second-order valence-electron chi connectivity index (χ2n) is 7.39. The zero-order valence-electron chi connectivity index (χ0n) is 16.9. The second-order valence-corrected chi connectivity index (χ2v) is 7.82. The van der Waals surface area contributed by atoms with Gasteiger partial charge in [0.2, 0.25) is 5.91 Å². The van der Waals surface area contributed by atoms with Gasteiger partial charge in [-0.3, -0.25) is 4.79 Å². The number of pyridine rings is 1. The van der Waals surface area contributed by atoms with E-state index < -0.39 is 17.7 Å². The van der Waals surface area contributed by atoms with Gasteiger partial charge in [0.15, 0.2) is 0 Å². The summed E-state index contributed by atoms with van der Waals surface area (Å²) in [5.41, 5.74) is 6.45. The van der Waals surface area contributed by atoms with Crippen LogP contribution in [-0.4, -0.2) is 29.6 Å². The average molecular weight is 420 g/mol. The molecule has 5 N–H and O–H groups in total. The van der Waals surface area contributed by atoms with Crippen molar-refractivity contribution in [3.05, 3.63) is 52.5 Å². The number of nitrogens with two attached hydrogens (primary N) is 1. The molecule has 2 rings (SSSR count). The lowest BCUT2D eigenvalue weighted by molar-refractivity contribution is -0.121. The molecule has 0 spiro atoms. The molecule has 0 bridgehead atoms. The summed E-state index contributed by atoms with van der Waals surface area (Å²) in [4.78, 5) is 28.6. The van der Waals surface area contributed by atoms with Crippen LogP contribution in [-0.2, 0) is 16.1 Å². The van der Waals surface area contributed by atoms with Gasteiger partial charge in [-0.15, -0.1) is 0 Å². The number of alkyl carbamates (subject to hydrolysis) is 1. The average Bonchev–Trinajstić information content (AvgIpc) is 2.62.